The Hall–Kier alpha value is -2.10. The first-order valence-electron chi connectivity index (χ1n) is 7.38. The van der Waals surface area contributed by atoms with Crippen LogP contribution in [0.2, 0.25) is 0 Å². The van der Waals surface area contributed by atoms with Crippen molar-refractivity contribution in [1.82, 2.24) is 5.32 Å². The molecule has 1 rings (SSSR count). The molecule has 0 radical (unpaired) electrons. The van der Waals surface area contributed by atoms with Gasteiger partial charge in [-0.2, -0.15) is 0 Å². The zero-order valence-electron chi connectivity index (χ0n) is 12.5. The van der Waals surface area contributed by atoms with Crippen LogP contribution in [0.15, 0.2) is 30.3 Å². The highest BCUT2D eigenvalue weighted by Gasteiger charge is 1.98. The van der Waals surface area contributed by atoms with E-state index in [1.807, 2.05) is 12.1 Å². The van der Waals surface area contributed by atoms with Crippen molar-refractivity contribution in [3.63, 3.8) is 0 Å². The van der Waals surface area contributed by atoms with Gasteiger partial charge in [-0.25, -0.2) is 0 Å². The summed E-state index contributed by atoms with van der Waals surface area (Å²) in [6.07, 6.45) is 6.79. The van der Waals surface area contributed by atoms with Crippen LogP contribution in [-0.4, -0.2) is 23.5 Å². The quantitative estimate of drug-likeness (QED) is 0.542. The molecule has 0 aliphatic carbocycles. The molecule has 0 heterocycles. The second-order valence-electron chi connectivity index (χ2n) is 4.92. The van der Waals surface area contributed by atoms with Gasteiger partial charge in [0, 0.05) is 19.0 Å². The van der Waals surface area contributed by atoms with Crippen molar-refractivity contribution in [3.8, 4) is 0 Å². The van der Waals surface area contributed by atoms with Gasteiger partial charge < -0.3 is 10.4 Å². The number of carbonyl (C=O) groups excluding carboxylic acids is 1. The maximum atomic E-state index is 11.6. The number of carbonyl (C=O) groups is 2. The Morgan fingerprint density at radius 3 is 2.48 bits per heavy atom. The molecule has 114 valence electrons. The summed E-state index contributed by atoms with van der Waals surface area (Å²) in [5, 5.41) is 11.3. The van der Waals surface area contributed by atoms with E-state index >= 15 is 0 Å². The number of nitrogens with one attached hydrogen (secondary N) is 1. The van der Waals surface area contributed by atoms with Gasteiger partial charge in [0.05, 0.1) is 0 Å². The third-order valence-electron chi connectivity index (χ3n) is 3.18. The van der Waals surface area contributed by atoms with Gasteiger partial charge >= 0.3 is 5.97 Å². The summed E-state index contributed by atoms with van der Waals surface area (Å²) >= 11 is 0. The van der Waals surface area contributed by atoms with E-state index in [0.29, 0.717) is 13.0 Å². The SMILES string of the molecule is CCc1ccc(/C=C/C(=O)NCCCCCC(=O)O)cc1. The van der Waals surface area contributed by atoms with Gasteiger partial charge in [-0.3, -0.25) is 9.59 Å². The number of carboxylic acids is 1. The average molecular weight is 289 g/mol. The summed E-state index contributed by atoms with van der Waals surface area (Å²) in [6, 6.07) is 8.10. The Kier molecular flexibility index (Phi) is 7.87. The van der Waals surface area contributed by atoms with E-state index in [0.717, 1.165) is 24.8 Å². The number of benzene rings is 1. The van der Waals surface area contributed by atoms with Crippen LogP contribution in [0.25, 0.3) is 6.08 Å². The minimum Gasteiger partial charge on any atom is -0.481 e. The van der Waals surface area contributed by atoms with Crippen molar-refractivity contribution in [2.24, 2.45) is 0 Å². The van der Waals surface area contributed by atoms with Crippen molar-refractivity contribution in [2.75, 3.05) is 6.54 Å². The highest BCUT2D eigenvalue weighted by atomic mass is 16.4. The standard InChI is InChI=1S/C17H23NO3/c1-2-14-7-9-15(10-8-14)11-12-16(19)18-13-5-3-4-6-17(20)21/h7-12H,2-6,13H2,1H3,(H,18,19)(H,20,21)/b12-11+. The van der Waals surface area contributed by atoms with E-state index in [-0.39, 0.29) is 12.3 Å². The molecule has 0 spiro atoms. The number of carboxylic acid groups (broad SMARTS) is 1. The van der Waals surface area contributed by atoms with Crippen LogP contribution < -0.4 is 5.32 Å². The van der Waals surface area contributed by atoms with E-state index in [1.54, 1.807) is 6.08 Å². The zero-order chi connectivity index (χ0) is 15.5. The summed E-state index contributed by atoms with van der Waals surface area (Å²) in [6.45, 7) is 2.69. The molecule has 4 heteroatoms. The maximum Gasteiger partial charge on any atom is 0.303 e. The van der Waals surface area contributed by atoms with Crippen LogP contribution >= 0.6 is 0 Å². The predicted molar refractivity (Wildman–Crippen MR) is 84.0 cm³/mol. The fourth-order valence-electron chi connectivity index (χ4n) is 1.88. The van der Waals surface area contributed by atoms with Gasteiger partial charge in [0.2, 0.25) is 5.91 Å². The number of amides is 1. The van der Waals surface area contributed by atoms with Gasteiger partial charge in [-0.05, 0) is 36.5 Å². The van der Waals surface area contributed by atoms with Crippen LogP contribution in [0.1, 0.15) is 43.7 Å². The third-order valence-corrected chi connectivity index (χ3v) is 3.18. The van der Waals surface area contributed by atoms with E-state index in [1.165, 1.54) is 11.6 Å². The van der Waals surface area contributed by atoms with Crippen molar-refractivity contribution in [2.45, 2.75) is 39.0 Å². The molecular weight excluding hydrogens is 266 g/mol. The minimum absolute atomic E-state index is 0.118. The first kappa shape index (κ1) is 17.0. The molecule has 4 nitrogen and oxygen atoms in total. The van der Waals surface area contributed by atoms with E-state index < -0.39 is 5.97 Å². The molecule has 1 aromatic rings. The van der Waals surface area contributed by atoms with Gasteiger partial charge in [0.1, 0.15) is 0 Å². The molecule has 0 aromatic heterocycles. The van der Waals surface area contributed by atoms with Crippen LogP contribution in [0.4, 0.5) is 0 Å². The van der Waals surface area contributed by atoms with E-state index in [2.05, 4.69) is 24.4 Å². The fourth-order valence-corrected chi connectivity index (χ4v) is 1.88. The van der Waals surface area contributed by atoms with E-state index in [9.17, 15) is 9.59 Å². The molecular formula is C17H23NO3. The highest BCUT2D eigenvalue weighted by molar-refractivity contribution is 5.91. The predicted octanol–water partition coefficient (Wildman–Crippen LogP) is 3.02. The van der Waals surface area contributed by atoms with Crippen LogP contribution in [0.3, 0.4) is 0 Å². The topological polar surface area (TPSA) is 66.4 Å². The molecule has 0 bridgehead atoms. The Labute approximate surface area is 125 Å². The van der Waals surface area contributed by atoms with Crippen LogP contribution in [0.5, 0.6) is 0 Å². The Balaban J connectivity index is 2.20. The molecule has 1 amide bonds. The first-order valence-corrected chi connectivity index (χ1v) is 7.38. The Morgan fingerprint density at radius 2 is 1.86 bits per heavy atom. The number of hydrogen-bond donors (Lipinski definition) is 2. The van der Waals surface area contributed by atoms with Gasteiger partial charge in [0.25, 0.3) is 0 Å². The fraction of sp³-hybridized carbons (Fsp3) is 0.412. The molecule has 0 saturated carbocycles. The third kappa shape index (κ3) is 7.92. The Bertz CT molecular complexity index is 477. The normalized spacial score (nSPS) is 10.7. The highest BCUT2D eigenvalue weighted by Crippen LogP contribution is 2.06. The zero-order valence-corrected chi connectivity index (χ0v) is 12.5. The number of unbranched alkanes of at least 4 members (excludes halogenated alkanes) is 2. The summed E-state index contributed by atoms with van der Waals surface area (Å²) in [5.74, 6) is -0.885. The monoisotopic (exact) mass is 289 g/mol. The molecule has 0 atom stereocenters. The average Bonchev–Trinajstić information content (AvgIpc) is 2.49. The number of aliphatic carboxylic acids is 1. The summed E-state index contributed by atoms with van der Waals surface area (Å²) in [4.78, 5) is 21.9. The number of hydrogen-bond acceptors (Lipinski definition) is 2. The summed E-state index contributed by atoms with van der Waals surface area (Å²) < 4.78 is 0. The second-order valence-corrected chi connectivity index (χ2v) is 4.92. The van der Waals surface area contributed by atoms with E-state index in [4.69, 9.17) is 5.11 Å². The smallest absolute Gasteiger partial charge is 0.303 e. The lowest BCUT2D eigenvalue weighted by Crippen LogP contribution is -2.22. The second kappa shape index (κ2) is 9.75. The largest absolute Gasteiger partial charge is 0.481 e. The van der Waals surface area contributed by atoms with Gasteiger partial charge in [-0.1, -0.05) is 37.6 Å². The minimum atomic E-state index is -0.768. The van der Waals surface area contributed by atoms with Crippen molar-refractivity contribution in [3.05, 3.63) is 41.5 Å². The summed E-state index contributed by atoms with van der Waals surface area (Å²) in [5.41, 5.74) is 2.28. The first-order chi connectivity index (χ1) is 10.1. The molecule has 0 fully saturated rings. The number of aryl methyl sites for hydroxylation is 1. The van der Waals surface area contributed by atoms with Gasteiger partial charge in [-0.15, -0.1) is 0 Å². The molecule has 1 aromatic carbocycles. The Morgan fingerprint density at radius 1 is 1.14 bits per heavy atom. The van der Waals surface area contributed by atoms with Crippen molar-refractivity contribution >= 4 is 18.0 Å². The van der Waals surface area contributed by atoms with Crippen LogP contribution in [-0.2, 0) is 16.0 Å². The molecule has 0 unspecified atom stereocenters. The lowest BCUT2D eigenvalue weighted by atomic mass is 10.1. The van der Waals surface area contributed by atoms with Crippen LogP contribution in [0, 0.1) is 0 Å². The molecule has 21 heavy (non-hydrogen) atoms. The molecule has 0 aliphatic rings. The molecule has 0 saturated heterocycles. The van der Waals surface area contributed by atoms with Gasteiger partial charge in [0.15, 0.2) is 0 Å². The lowest BCUT2D eigenvalue weighted by Gasteiger charge is -2.01. The van der Waals surface area contributed by atoms with Crippen molar-refractivity contribution in [1.29, 1.82) is 0 Å². The summed E-state index contributed by atoms with van der Waals surface area (Å²) in [7, 11) is 0. The molecule has 0 aliphatic heterocycles. The van der Waals surface area contributed by atoms with Crippen molar-refractivity contribution < 1.29 is 14.7 Å². The maximum absolute atomic E-state index is 11.6. The molecule has 2 N–H and O–H groups in total. The lowest BCUT2D eigenvalue weighted by molar-refractivity contribution is -0.137. The number of rotatable bonds is 9.